The van der Waals surface area contributed by atoms with Crippen LogP contribution in [0.5, 0.6) is 0 Å². The van der Waals surface area contributed by atoms with Crippen LogP contribution in [0.2, 0.25) is 0 Å². The van der Waals surface area contributed by atoms with Gasteiger partial charge in [0.15, 0.2) is 5.82 Å². The first-order chi connectivity index (χ1) is 18.6. The summed E-state index contributed by atoms with van der Waals surface area (Å²) >= 11 is 0. The highest BCUT2D eigenvalue weighted by Gasteiger charge is 2.26. The molecule has 10 nitrogen and oxygen atoms in total. The molecular weight excluding hydrogens is 496 g/mol. The van der Waals surface area contributed by atoms with Crippen molar-refractivity contribution in [1.82, 2.24) is 24.3 Å². The van der Waals surface area contributed by atoms with Crippen LogP contribution in [-0.4, -0.2) is 74.3 Å². The first-order valence-electron chi connectivity index (χ1n) is 13.9. The number of aromatic nitrogens is 3. The molecule has 212 valence electrons. The fourth-order valence-corrected chi connectivity index (χ4v) is 5.22. The molecule has 1 aliphatic heterocycles. The average molecular weight is 539 g/mol. The van der Waals surface area contributed by atoms with E-state index in [-0.39, 0.29) is 24.6 Å². The number of benzene rings is 1. The monoisotopic (exact) mass is 538 g/mol. The molecule has 10 heteroatoms. The molecule has 4 rings (SSSR count). The molecule has 39 heavy (non-hydrogen) atoms. The Kier molecular flexibility index (Phi) is 8.94. The van der Waals surface area contributed by atoms with Crippen molar-refractivity contribution >= 4 is 39.8 Å². The van der Waals surface area contributed by atoms with Gasteiger partial charge in [0.2, 0.25) is 5.91 Å². The fraction of sp³-hybridized carbons (Fsp3) is 0.586. The van der Waals surface area contributed by atoms with Crippen molar-refractivity contribution < 1.29 is 19.1 Å². The highest BCUT2D eigenvalue weighted by molar-refractivity contribution is 6.06. The number of carbonyl (C=O) groups excluding carboxylic acids is 2. The number of unbranched alkanes of at least 4 members (excludes halogenated alkanes) is 1. The predicted molar refractivity (Wildman–Crippen MR) is 152 cm³/mol. The zero-order valence-electron chi connectivity index (χ0n) is 23.9. The molecule has 3 aromatic rings. The van der Waals surface area contributed by atoms with Crippen molar-refractivity contribution in [2.45, 2.75) is 85.0 Å². The molecule has 1 saturated heterocycles. The largest absolute Gasteiger partial charge is 0.444 e. The second-order valence-electron chi connectivity index (χ2n) is 11.1. The number of imidazole rings is 1. The van der Waals surface area contributed by atoms with Gasteiger partial charge >= 0.3 is 6.09 Å². The van der Waals surface area contributed by atoms with Crippen LogP contribution < -0.4 is 5.73 Å². The third-order valence-electron chi connectivity index (χ3n) is 7.12. The number of para-hydroxylation sites is 1. The number of fused-ring (bicyclic) bond motifs is 3. The Balaban J connectivity index is 1.61. The number of nitrogens with zero attached hydrogens (tertiary/aromatic N) is 5. The molecule has 1 fully saturated rings. The van der Waals surface area contributed by atoms with Crippen LogP contribution in [-0.2, 0) is 27.4 Å². The van der Waals surface area contributed by atoms with Gasteiger partial charge in [-0.2, -0.15) is 0 Å². The van der Waals surface area contributed by atoms with Crippen LogP contribution in [0, 0.1) is 0 Å². The lowest BCUT2D eigenvalue weighted by Gasteiger charge is -2.33. The van der Waals surface area contributed by atoms with E-state index in [1.807, 2.05) is 56.9 Å². The number of carbonyl (C=O) groups is 2. The highest BCUT2D eigenvalue weighted by atomic mass is 16.6. The predicted octanol–water partition coefficient (Wildman–Crippen LogP) is 4.73. The molecule has 0 bridgehead atoms. The minimum Gasteiger partial charge on any atom is -0.444 e. The summed E-state index contributed by atoms with van der Waals surface area (Å²) in [7, 11) is 0. The summed E-state index contributed by atoms with van der Waals surface area (Å²) in [5, 5.41) is 0.966. The minimum atomic E-state index is -0.595. The van der Waals surface area contributed by atoms with Gasteiger partial charge in [0.25, 0.3) is 0 Å². The number of amides is 2. The molecule has 0 aliphatic carbocycles. The topological polar surface area (TPSA) is 116 Å². The van der Waals surface area contributed by atoms with Crippen LogP contribution in [0.3, 0.4) is 0 Å². The van der Waals surface area contributed by atoms with Crippen molar-refractivity contribution in [3.05, 3.63) is 30.1 Å². The lowest BCUT2D eigenvalue weighted by Crippen LogP contribution is -2.42. The highest BCUT2D eigenvalue weighted by Crippen LogP contribution is 2.30. The van der Waals surface area contributed by atoms with Gasteiger partial charge in [-0.15, -0.1) is 0 Å². The van der Waals surface area contributed by atoms with E-state index < -0.39 is 5.60 Å². The first kappa shape index (κ1) is 28.6. The Hall–Kier alpha value is -3.40. The van der Waals surface area contributed by atoms with Crippen molar-refractivity contribution in [2.75, 3.05) is 32.0 Å². The number of ether oxygens (including phenoxy) is 2. The molecule has 2 aromatic heterocycles. The van der Waals surface area contributed by atoms with Crippen molar-refractivity contribution in [3.63, 3.8) is 0 Å². The number of hydrogen-bond acceptors (Lipinski definition) is 7. The Morgan fingerprint density at radius 2 is 1.87 bits per heavy atom. The maximum atomic E-state index is 12.9. The number of anilines is 1. The van der Waals surface area contributed by atoms with Gasteiger partial charge in [-0.1, -0.05) is 18.2 Å². The second kappa shape index (κ2) is 12.2. The average Bonchev–Trinajstić information content (AvgIpc) is 3.25. The van der Waals surface area contributed by atoms with Crippen LogP contribution >= 0.6 is 0 Å². The number of pyridine rings is 1. The summed E-state index contributed by atoms with van der Waals surface area (Å²) < 4.78 is 13.3. The van der Waals surface area contributed by atoms with E-state index in [9.17, 15) is 9.59 Å². The Labute approximate surface area is 230 Å². The third kappa shape index (κ3) is 6.79. The molecule has 0 atom stereocenters. The van der Waals surface area contributed by atoms with E-state index in [4.69, 9.17) is 20.2 Å². The first-order valence-corrected chi connectivity index (χ1v) is 13.9. The number of nitrogens with two attached hydrogens (primary N) is 1. The smallest absolute Gasteiger partial charge is 0.410 e. The van der Waals surface area contributed by atoms with E-state index in [2.05, 4.69) is 9.55 Å². The van der Waals surface area contributed by atoms with Gasteiger partial charge in [-0.3, -0.25) is 4.79 Å². The van der Waals surface area contributed by atoms with E-state index in [1.165, 1.54) is 0 Å². The summed E-state index contributed by atoms with van der Waals surface area (Å²) in [5.41, 5.74) is 8.14. The fourth-order valence-electron chi connectivity index (χ4n) is 5.22. The van der Waals surface area contributed by atoms with Crippen LogP contribution in [0.1, 0.15) is 66.1 Å². The van der Waals surface area contributed by atoms with E-state index in [0.29, 0.717) is 44.2 Å². The molecule has 1 aromatic carbocycles. The van der Waals surface area contributed by atoms with E-state index in [1.54, 1.807) is 11.8 Å². The minimum absolute atomic E-state index is 0.108. The van der Waals surface area contributed by atoms with Crippen LogP contribution in [0.15, 0.2) is 24.3 Å². The van der Waals surface area contributed by atoms with Crippen molar-refractivity contribution in [3.8, 4) is 0 Å². The van der Waals surface area contributed by atoms with Gasteiger partial charge in [0.05, 0.1) is 17.6 Å². The number of rotatable bonds is 9. The summed E-state index contributed by atoms with van der Waals surface area (Å²) in [4.78, 5) is 38.4. The zero-order chi connectivity index (χ0) is 28.2. The summed E-state index contributed by atoms with van der Waals surface area (Å²) in [6, 6.07) is 8.13. The molecule has 2 N–H and O–H groups in total. The number of hydrogen-bond donors (Lipinski definition) is 1. The molecule has 3 heterocycles. The van der Waals surface area contributed by atoms with Gasteiger partial charge in [-0.25, -0.2) is 14.8 Å². The lowest BCUT2D eigenvalue weighted by molar-refractivity contribution is -0.133. The molecule has 2 amide bonds. The Bertz CT molecular complexity index is 1310. The Morgan fingerprint density at radius 3 is 2.54 bits per heavy atom. The lowest BCUT2D eigenvalue weighted by atomic mass is 10.1. The SMILES string of the molecule is CCN(Cc1nc2c(N)nc3ccccc3c2n1CCCCN(C(C)=O)C1CCOCC1)C(=O)OC(C)(C)C. The molecule has 0 unspecified atom stereocenters. The third-order valence-corrected chi connectivity index (χ3v) is 7.12. The van der Waals surface area contributed by atoms with Gasteiger partial charge in [0, 0.05) is 51.2 Å². The van der Waals surface area contributed by atoms with Crippen molar-refractivity contribution in [1.29, 1.82) is 0 Å². The zero-order valence-corrected chi connectivity index (χ0v) is 23.9. The molecule has 0 radical (unpaired) electrons. The normalized spacial score (nSPS) is 14.6. The number of aryl methyl sites for hydroxylation is 1. The van der Waals surface area contributed by atoms with Crippen LogP contribution in [0.4, 0.5) is 10.6 Å². The molecule has 0 spiro atoms. The van der Waals surface area contributed by atoms with Gasteiger partial charge in [-0.05, 0) is 59.4 Å². The van der Waals surface area contributed by atoms with E-state index >= 15 is 0 Å². The van der Waals surface area contributed by atoms with Gasteiger partial charge in [0.1, 0.15) is 16.9 Å². The van der Waals surface area contributed by atoms with E-state index in [0.717, 1.165) is 47.9 Å². The molecule has 1 aliphatic rings. The summed E-state index contributed by atoms with van der Waals surface area (Å²) in [5.74, 6) is 1.21. The second-order valence-corrected chi connectivity index (χ2v) is 11.1. The number of nitrogen functional groups attached to an aromatic ring is 1. The van der Waals surface area contributed by atoms with Crippen molar-refractivity contribution in [2.24, 2.45) is 0 Å². The quantitative estimate of drug-likeness (QED) is 0.392. The summed E-state index contributed by atoms with van der Waals surface area (Å²) in [6.07, 6.45) is 3.06. The van der Waals surface area contributed by atoms with Crippen LogP contribution in [0.25, 0.3) is 21.9 Å². The van der Waals surface area contributed by atoms with Gasteiger partial charge < -0.3 is 29.6 Å². The maximum absolute atomic E-state index is 12.9. The Morgan fingerprint density at radius 1 is 1.15 bits per heavy atom. The standard InChI is InChI=1S/C29H42N6O4/c1-6-33(28(37)39-29(3,4)5)19-24-32-25-26(22-11-7-8-12-23(22)31-27(25)30)35(24)16-10-9-15-34(20(2)36)21-13-17-38-18-14-21/h7-8,11-12,21H,6,9-10,13-19H2,1-5H3,(H2,30,31). The molecular formula is C29H42N6O4. The molecule has 0 saturated carbocycles. The maximum Gasteiger partial charge on any atom is 0.410 e. The summed E-state index contributed by atoms with van der Waals surface area (Å²) in [6.45, 7) is 12.7.